The summed E-state index contributed by atoms with van der Waals surface area (Å²) in [4.78, 5) is 37.7. The summed E-state index contributed by atoms with van der Waals surface area (Å²) < 4.78 is 16.4. The average Bonchev–Trinajstić information content (AvgIpc) is 3.74. The Labute approximate surface area is 196 Å². The standard InChI is InChI=1S/C23H21FN8O3/c24-15-7-11(21(33)27-14-4-5-14)1-6-16(15)28-18-9-19(26-13-2-3-13)32-20(30-18)12(10-25-32)8-17-22(34)31-23(35)29-17/h1,6-10,13-14,28,34H,2-5H2,(H,27,33)(H2,29,31,35)/b12-8-,26-19?. The highest BCUT2D eigenvalue weighted by Gasteiger charge is 2.24. The lowest BCUT2D eigenvalue weighted by Gasteiger charge is -2.09. The van der Waals surface area contributed by atoms with Crippen molar-refractivity contribution in [2.75, 3.05) is 5.32 Å². The zero-order chi connectivity index (χ0) is 24.1. The van der Waals surface area contributed by atoms with Crippen molar-refractivity contribution in [2.45, 2.75) is 37.8 Å². The normalized spacial score (nSPS) is 16.7. The van der Waals surface area contributed by atoms with Gasteiger partial charge in [-0.3, -0.25) is 14.8 Å². The van der Waals surface area contributed by atoms with E-state index in [0.717, 1.165) is 25.7 Å². The first-order chi connectivity index (χ1) is 16.9. The Balaban J connectivity index is 1.39. The lowest BCUT2D eigenvalue weighted by Crippen LogP contribution is -2.25. The maximum Gasteiger partial charge on any atom is 0.326 e. The van der Waals surface area contributed by atoms with Gasteiger partial charge in [0.25, 0.3) is 5.91 Å². The van der Waals surface area contributed by atoms with Crippen molar-refractivity contribution >= 4 is 29.1 Å². The van der Waals surface area contributed by atoms with Gasteiger partial charge in [0.2, 0.25) is 5.88 Å². The molecule has 0 spiro atoms. The molecule has 0 radical (unpaired) electrons. The number of anilines is 2. The second-order valence-electron chi connectivity index (χ2n) is 8.75. The number of fused-ring (bicyclic) bond motifs is 1. The molecule has 2 saturated carbocycles. The molecule has 4 aromatic rings. The number of amides is 1. The molecular weight excluding hydrogens is 455 g/mol. The van der Waals surface area contributed by atoms with E-state index in [9.17, 15) is 19.1 Å². The predicted molar refractivity (Wildman–Crippen MR) is 124 cm³/mol. The van der Waals surface area contributed by atoms with Gasteiger partial charge in [0, 0.05) is 22.9 Å². The monoisotopic (exact) mass is 476 g/mol. The zero-order valence-electron chi connectivity index (χ0n) is 18.4. The van der Waals surface area contributed by atoms with Crippen molar-refractivity contribution in [1.29, 1.82) is 0 Å². The SMILES string of the molecule is O=C(NC1CC1)c1ccc(Nc2cc(=NC3CC3)n3nc/c(=C/c4[nH]c(=O)[nH]c4O)c3n2)c(F)c1. The second-order valence-corrected chi connectivity index (χ2v) is 8.75. The Morgan fingerprint density at radius 1 is 1.23 bits per heavy atom. The topological polar surface area (TPSA) is 153 Å². The summed E-state index contributed by atoms with van der Waals surface area (Å²) >= 11 is 0. The summed E-state index contributed by atoms with van der Waals surface area (Å²) in [5.41, 5.74) is 0.969. The number of nitrogens with one attached hydrogen (secondary N) is 4. The molecule has 0 aliphatic heterocycles. The molecule has 35 heavy (non-hydrogen) atoms. The van der Waals surface area contributed by atoms with Gasteiger partial charge in [-0.25, -0.2) is 14.2 Å². The number of hydrogen-bond acceptors (Lipinski definition) is 7. The van der Waals surface area contributed by atoms with Crippen molar-refractivity contribution in [3.8, 4) is 5.88 Å². The molecule has 0 atom stereocenters. The molecule has 6 rings (SSSR count). The summed E-state index contributed by atoms with van der Waals surface area (Å²) in [6.07, 6.45) is 6.92. The third-order valence-corrected chi connectivity index (χ3v) is 5.78. The molecule has 3 heterocycles. The highest BCUT2D eigenvalue weighted by molar-refractivity contribution is 5.95. The van der Waals surface area contributed by atoms with E-state index in [1.807, 2.05) is 0 Å². The van der Waals surface area contributed by atoms with Crippen LogP contribution in [0.3, 0.4) is 0 Å². The largest absolute Gasteiger partial charge is 0.493 e. The van der Waals surface area contributed by atoms with Crippen molar-refractivity contribution in [1.82, 2.24) is 29.9 Å². The number of benzene rings is 1. The number of aromatic amines is 2. The van der Waals surface area contributed by atoms with Crippen LogP contribution in [0.2, 0.25) is 0 Å². The number of aromatic nitrogens is 5. The average molecular weight is 476 g/mol. The fourth-order valence-electron chi connectivity index (χ4n) is 3.65. The number of nitrogens with zero attached hydrogens (tertiary/aromatic N) is 4. The fraction of sp³-hybridized carbons (Fsp3) is 0.261. The van der Waals surface area contributed by atoms with Crippen LogP contribution in [-0.4, -0.2) is 47.7 Å². The summed E-state index contributed by atoms with van der Waals surface area (Å²) in [6, 6.07) is 6.28. The van der Waals surface area contributed by atoms with Crippen LogP contribution in [0.15, 0.2) is 40.2 Å². The number of aromatic hydroxyl groups is 1. The molecular formula is C23H21FN8O3. The minimum absolute atomic E-state index is 0.153. The molecule has 2 fully saturated rings. The summed E-state index contributed by atoms with van der Waals surface area (Å²) in [7, 11) is 0. The van der Waals surface area contributed by atoms with Gasteiger partial charge in [0.05, 0.1) is 17.9 Å². The Kier molecular flexibility index (Phi) is 4.87. The lowest BCUT2D eigenvalue weighted by molar-refractivity contribution is 0.0950. The Bertz CT molecular complexity index is 1650. The van der Waals surface area contributed by atoms with Crippen LogP contribution >= 0.6 is 0 Å². The first kappa shape index (κ1) is 21.1. The number of rotatable bonds is 6. The predicted octanol–water partition coefficient (Wildman–Crippen LogP) is 0.837. The van der Waals surface area contributed by atoms with E-state index in [0.29, 0.717) is 22.2 Å². The minimum Gasteiger partial charge on any atom is -0.493 e. The molecule has 1 amide bonds. The van der Waals surface area contributed by atoms with Crippen molar-refractivity contribution < 1.29 is 14.3 Å². The molecule has 5 N–H and O–H groups in total. The second kappa shape index (κ2) is 8.08. The van der Waals surface area contributed by atoms with E-state index < -0.39 is 11.5 Å². The van der Waals surface area contributed by atoms with E-state index in [2.05, 4.69) is 35.7 Å². The number of hydrogen-bond donors (Lipinski definition) is 5. The maximum atomic E-state index is 14.9. The smallest absolute Gasteiger partial charge is 0.326 e. The third kappa shape index (κ3) is 4.37. The van der Waals surface area contributed by atoms with Crippen LogP contribution in [0.25, 0.3) is 11.7 Å². The molecule has 11 nitrogen and oxygen atoms in total. The van der Waals surface area contributed by atoms with E-state index in [-0.39, 0.29) is 40.8 Å². The number of H-pyrrole nitrogens is 2. The third-order valence-electron chi connectivity index (χ3n) is 5.78. The number of carbonyl (C=O) groups excluding carboxylic acids is 1. The molecule has 178 valence electrons. The van der Waals surface area contributed by atoms with E-state index in [4.69, 9.17) is 0 Å². The van der Waals surface area contributed by atoms with Crippen molar-refractivity contribution in [3.05, 3.63) is 68.7 Å². The molecule has 1 aromatic carbocycles. The van der Waals surface area contributed by atoms with Gasteiger partial charge in [0.15, 0.2) is 11.1 Å². The van der Waals surface area contributed by atoms with Crippen LogP contribution in [0.1, 0.15) is 41.7 Å². The van der Waals surface area contributed by atoms with E-state index >= 15 is 0 Å². The maximum absolute atomic E-state index is 14.9. The fourth-order valence-corrected chi connectivity index (χ4v) is 3.65. The Morgan fingerprint density at radius 3 is 2.74 bits per heavy atom. The summed E-state index contributed by atoms with van der Waals surface area (Å²) in [6.45, 7) is 0. The summed E-state index contributed by atoms with van der Waals surface area (Å²) in [5.74, 6) is -0.869. The van der Waals surface area contributed by atoms with Gasteiger partial charge in [-0.15, -0.1) is 0 Å². The highest BCUT2D eigenvalue weighted by Crippen LogP contribution is 2.24. The highest BCUT2D eigenvalue weighted by atomic mass is 19.1. The van der Waals surface area contributed by atoms with E-state index in [1.165, 1.54) is 24.4 Å². The molecule has 0 bridgehead atoms. The molecule has 2 aliphatic carbocycles. The van der Waals surface area contributed by atoms with Gasteiger partial charge in [-0.1, -0.05) is 0 Å². The lowest BCUT2D eigenvalue weighted by atomic mass is 10.2. The van der Waals surface area contributed by atoms with Crippen LogP contribution in [0, 0.1) is 5.82 Å². The number of carbonyl (C=O) groups is 1. The van der Waals surface area contributed by atoms with Crippen LogP contribution < -0.4 is 27.0 Å². The number of imidazole rings is 1. The van der Waals surface area contributed by atoms with Crippen LogP contribution in [-0.2, 0) is 0 Å². The van der Waals surface area contributed by atoms with Crippen LogP contribution in [0.4, 0.5) is 15.9 Å². The molecule has 12 heteroatoms. The van der Waals surface area contributed by atoms with Gasteiger partial charge >= 0.3 is 5.69 Å². The molecule has 0 saturated heterocycles. The Morgan fingerprint density at radius 2 is 2.06 bits per heavy atom. The van der Waals surface area contributed by atoms with Crippen molar-refractivity contribution in [2.24, 2.45) is 4.99 Å². The van der Waals surface area contributed by atoms with E-state index in [1.54, 1.807) is 16.6 Å². The first-order valence-electron chi connectivity index (χ1n) is 11.3. The van der Waals surface area contributed by atoms with Crippen LogP contribution in [0.5, 0.6) is 5.88 Å². The minimum atomic E-state index is -0.592. The molecule has 3 aromatic heterocycles. The van der Waals surface area contributed by atoms with Gasteiger partial charge < -0.3 is 20.7 Å². The van der Waals surface area contributed by atoms with Gasteiger partial charge in [0.1, 0.15) is 17.3 Å². The molecule has 0 unspecified atom stereocenters. The van der Waals surface area contributed by atoms with Gasteiger partial charge in [-0.2, -0.15) is 9.61 Å². The number of halogens is 1. The summed E-state index contributed by atoms with van der Waals surface area (Å²) in [5, 5.41) is 20.6. The molecule has 2 aliphatic rings. The Hall–Kier alpha value is -4.48. The first-order valence-corrected chi connectivity index (χ1v) is 11.3. The quantitative estimate of drug-likeness (QED) is 0.278. The zero-order valence-corrected chi connectivity index (χ0v) is 18.4. The van der Waals surface area contributed by atoms with Gasteiger partial charge in [-0.05, 0) is 50.0 Å². The van der Waals surface area contributed by atoms with Crippen molar-refractivity contribution in [3.63, 3.8) is 0 Å².